The number of carbonyl (C=O) groups is 1. The minimum Gasteiger partial charge on any atom is -0.485 e. The van der Waals surface area contributed by atoms with Gasteiger partial charge in [0.05, 0.1) is 5.69 Å². The average Bonchev–Trinajstić information content (AvgIpc) is 2.62. The molecule has 0 saturated carbocycles. The Morgan fingerprint density at radius 3 is 2.81 bits per heavy atom. The summed E-state index contributed by atoms with van der Waals surface area (Å²) in [6.07, 6.45) is -0.821. The van der Waals surface area contributed by atoms with Crippen LogP contribution in [-0.4, -0.2) is 30.5 Å². The van der Waals surface area contributed by atoms with Crippen LogP contribution >= 0.6 is 24.8 Å². The lowest BCUT2D eigenvalue weighted by Gasteiger charge is -2.19. The molecular formula is C17H18Cl2F3N3O2. The molecule has 27 heavy (non-hydrogen) atoms. The Balaban J connectivity index is 0.00000182. The number of anilines is 1. The summed E-state index contributed by atoms with van der Waals surface area (Å²) in [5.74, 6) is -1.29. The monoisotopic (exact) mass is 423 g/mol. The Morgan fingerprint density at radius 2 is 2.07 bits per heavy atom. The number of pyridine rings is 1. The van der Waals surface area contributed by atoms with E-state index in [0.717, 1.165) is 5.56 Å². The molecule has 2 N–H and O–H groups in total. The molecule has 0 unspecified atom stereocenters. The number of ether oxygens (including phenoxy) is 1. The first kappa shape index (κ1) is 23.0. The lowest BCUT2D eigenvalue weighted by Crippen LogP contribution is -2.25. The van der Waals surface area contributed by atoms with Crippen molar-refractivity contribution in [3.8, 4) is 5.75 Å². The van der Waals surface area contributed by atoms with Gasteiger partial charge in [0.1, 0.15) is 12.4 Å². The van der Waals surface area contributed by atoms with E-state index in [0.29, 0.717) is 25.1 Å². The molecule has 0 aliphatic carbocycles. The summed E-state index contributed by atoms with van der Waals surface area (Å²) in [6.45, 7) is 0.381. The van der Waals surface area contributed by atoms with Crippen LogP contribution in [0.3, 0.4) is 0 Å². The summed E-state index contributed by atoms with van der Waals surface area (Å²) >= 11 is 0. The van der Waals surface area contributed by atoms with Crippen LogP contribution in [0.5, 0.6) is 5.75 Å². The summed E-state index contributed by atoms with van der Waals surface area (Å²) < 4.78 is 44.1. The van der Waals surface area contributed by atoms with Gasteiger partial charge in [0.2, 0.25) is 0 Å². The number of alkyl halides is 2. The summed E-state index contributed by atoms with van der Waals surface area (Å²) in [7, 11) is 0. The Labute approximate surface area is 166 Å². The van der Waals surface area contributed by atoms with E-state index in [9.17, 15) is 18.0 Å². The molecule has 0 atom stereocenters. The van der Waals surface area contributed by atoms with E-state index in [1.54, 1.807) is 6.07 Å². The van der Waals surface area contributed by atoms with Crippen molar-refractivity contribution in [2.75, 3.05) is 18.5 Å². The number of hydrogen-bond acceptors (Lipinski definition) is 4. The van der Waals surface area contributed by atoms with E-state index in [4.69, 9.17) is 4.74 Å². The molecule has 148 valence electrons. The highest BCUT2D eigenvalue weighted by molar-refractivity contribution is 6.04. The maximum atomic E-state index is 14.6. The summed E-state index contributed by atoms with van der Waals surface area (Å²) in [4.78, 5) is 16.2. The molecule has 5 nitrogen and oxygen atoms in total. The van der Waals surface area contributed by atoms with Crippen molar-refractivity contribution in [3.63, 3.8) is 0 Å². The predicted molar refractivity (Wildman–Crippen MR) is 100.0 cm³/mol. The van der Waals surface area contributed by atoms with Gasteiger partial charge in [0.25, 0.3) is 12.3 Å². The molecule has 0 fully saturated rings. The SMILES string of the molecule is Cl.Cl.O=C(Nc1ccc2c(c1F)CCNC2)c1ncccc1OCC(F)F. The largest absolute Gasteiger partial charge is 0.485 e. The van der Waals surface area contributed by atoms with Crippen LogP contribution in [0, 0.1) is 5.82 Å². The fraction of sp³-hybridized carbons (Fsp3) is 0.294. The van der Waals surface area contributed by atoms with Crippen molar-refractivity contribution in [2.24, 2.45) is 0 Å². The number of fused-ring (bicyclic) bond motifs is 1. The highest BCUT2D eigenvalue weighted by Crippen LogP contribution is 2.26. The molecule has 1 amide bonds. The third-order valence-corrected chi connectivity index (χ3v) is 3.81. The van der Waals surface area contributed by atoms with Crippen LogP contribution in [0.15, 0.2) is 30.5 Å². The fourth-order valence-electron chi connectivity index (χ4n) is 2.64. The zero-order chi connectivity index (χ0) is 17.8. The molecule has 1 aliphatic rings. The molecule has 2 heterocycles. The second-order valence-electron chi connectivity index (χ2n) is 5.50. The number of aromatic nitrogens is 1. The molecule has 0 saturated heterocycles. The van der Waals surface area contributed by atoms with E-state index < -0.39 is 24.8 Å². The highest BCUT2D eigenvalue weighted by Gasteiger charge is 2.20. The van der Waals surface area contributed by atoms with Gasteiger partial charge in [-0.3, -0.25) is 4.79 Å². The van der Waals surface area contributed by atoms with E-state index in [1.165, 1.54) is 24.4 Å². The van der Waals surface area contributed by atoms with Gasteiger partial charge in [-0.1, -0.05) is 6.07 Å². The van der Waals surface area contributed by atoms with Gasteiger partial charge in [0.15, 0.2) is 11.4 Å². The highest BCUT2D eigenvalue weighted by atomic mass is 35.5. The van der Waals surface area contributed by atoms with E-state index in [1.807, 2.05) is 0 Å². The van der Waals surface area contributed by atoms with Crippen LogP contribution in [0.2, 0.25) is 0 Å². The van der Waals surface area contributed by atoms with Gasteiger partial charge in [-0.2, -0.15) is 0 Å². The number of nitrogens with one attached hydrogen (secondary N) is 2. The first-order valence-electron chi connectivity index (χ1n) is 7.74. The zero-order valence-corrected chi connectivity index (χ0v) is 15.6. The summed E-state index contributed by atoms with van der Waals surface area (Å²) in [5, 5.41) is 5.58. The van der Waals surface area contributed by atoms with Gasteiger partial charge in [-0.25, -0.2) is 18.2 Å². The molecule has 0 bridgehead atoms. The Morgan fingerprint density at radius 1 is 1.30 bits per heavy atom. The van der Waals surface area contributed by atoms with E-state index in [-0.39, 0.29) is 41.9 Å². The van der Waals surface area contributed by atoms with Crippen LogP contribution in [0.1, 0.15) is 21.6 Å². The molecule has 0 radical (unpaired) electrons. The van der Waals surface area contributed by atoms with Crippen LogP contribution in [0.4, 0.5) is 18.9 Å². The lowest BCUT2D eigenvalue weighted by atomic mass is 9.99. The molecule has 10 heteroatoms. The normalized spacial score (nSPS) is 12.4. The van der Waals surface area contributed by atoms with E-state index >= 15 is 0 Å². The third-order valence-electron chi connectivity index (χ3n) is 3.81. The van der Waals surface area contributed by atoms with Crippen molar-refractivity contribution in [2.45, 2.75) is 19.4 Å². The number of amides is 1. The number of benzene rings is 1. The summed E-state index contributed by atoms with van der Waals surface area (Å²) in [5.41, 5.74) is 1.25. The minimum absolute atomic E-state index is 0. The van der Waals surface area contributed by atoms with Gasteiger partial charge < -0.3 is 15.4 Å². The van der Waals surface area contributed by atoms with Gasteiger partial charge in [-0.05, 0) is 42.3 Å². The van der Waals surface area contributed by atoms with E-state index in [2.05, 4.69) is 15.6 Å². The van der Waals surface area contributed by atoms with Crippen LogP contribution in [-0.2, 0) is 13.0 Å². The number of carbonyl (C=O) groups excluding carboxylic acids is 1. The van der Waals surface area contributed by atoms with Crippen LogP contribution < -0.4 is 15.4 Å². The molecule has 2 aromatic rings. The van der Waals surface area contributed by atoms with Crippen molar-refractivity contribution in [3.05, 3.63) is 53.1 Å². The van der Waals surface area contributed by atoms with Crippen molar-refractivity contribution in [1.82, 2.24) is 10.3 Å². The van der Waals surface area contributed by atoms with Gasteiger partial charge in [0, 0.05) is 12.7 Å². The van der Waals surface area contributed by atoms with Gasteiger partial charge in [-0.15, -0.1) is 24.8 Å². The van der Waals surface area contributed by atoms with Crippen molar-refractivity contribution < 1.29 is 22.7 Å². The molecule has 1 aromatic carbocycles. The number of halogens is 5. The second kappa shape index (κ2) is 10.3. The maximum Gasteiger partial charge on any atom is 0.278 e. The number of rotatable bonds is 5. The predicted octanol–water partition coefficient (Wildman–Crippen LogP) is 3.61. The standard InChI is InChI=1S/C17H16F3N3O2.2ClH/c18-14(19)9-25-13-2-1-6-22-16(13)17(24)23-12-4-3-10-8-21-7-5-11(10)15(12)20;;/h1-4,6,14,21H,5,7-9H2,(H,23,24);2*1H. The minimum atomic E-state index is -2.68. The smallest absolute Gasteiger partial charge is 0.278 e. The summed E-state index contributed by atoms with van der Waals surface area (Å²) in [6, 6.07) is 6.04. The number of nitrogens with zero attached hydrogens (tertiary/aromatic N) is 1. The topological polar surface area (TPSA) is 63.2 Å². The lowest BCUT2D eigenvalue weighted by molar-refractivity contribution is 0.0799. The first-order chi connectivity index (χ1) is 12.1. The second-order valence-corrected chi connectivity index (χ2v) is 5.50. The molecular weight excluding hydrogens is 406 g/mol. The Kier molecular flexibility index (Phi) is 8.81. The maximum absolute atomic E-state index is 14.6. The number of hydrogen-bond donors (Lipinski definition) is 2. The Bertz CT molecular complexity index is 794. The quantitative estimate of drug-likeness (QED) is 0.770. The molecule has 1 aromatic heterocycles. The zero-order valence-electron chi connectivity index (χ0n) is 14.0. The molecule has 0 spiro atoms. The van der Waals surface area contributed by atoms with Crippen molar-refractivity contribution >= 4 is 36.4 Å². The Hall–Kier alpha value is -2.03. The average molecular weight is 424 g/mol. The first-order valence-corrected chi connectivity index (χ1v) is 7.74. The third kappa shape index (κ3) is 5.47. The molecule has 1 aliphatic heterocycles. The fourth-order valence-corrected chi connectivity index (χ4v) is 2.64. The van der Waals surface area contributed by atoms with Crippen molar-refractivity contribution in [1.29, 1.82) is 0 Å². The molecule has 3 rings (SSSR count). The van der Waals surface area contributed by atoms with Crippen LogP contribution in [0.25, 0.3) is 0 Å². The van der Waals surface area contributed by atoms with Gasteiger partial charge >= 0.3 is 0 Å².